The first-order chi connectivity index (χ1) is 13.0. The number of piperazine rings is 1. The van der Waals surface area contributed by atoms with Crippen LogP contribution in [-0.4, -0.2) is 56.2 Å². The van der Waals surface area contributed by atoms with Gasteiger partial charge in [-0.3, -0.25) is 4.90 Å². The molecule has 0 aliphatic carbocycles. The van der Waals surface area contributed by atoms with E-state index in [1.54, 1.807) is 0 Å². The zero-order valence-corrected chi connectivity index (χ0v) is 16.7. The second-order valence-electron chi connectivity index (χ2n) is 7.55. The van der Waals surface area contributed by atoms with Crippen LogP contribution in [-0.2, 0) is 6.42 Å². The van der Waals surface area contributed by atoms with Crippen LogP contribution in [0.25, 0.3) is 0 Å². The average molecular weight is 364 g/mol. The molecule has 0 aromatic heterocycles. The molecular formula is C23H29N3O. The highest BCUT2D eigenvalue weighted by atomic mass is 16.5. The van der Waals surface area contributed by atoms with Gasteiger partial charge in [0.15, 0.2) is 0 Å². The molecule has 2 aromatic rings. The molecule has 0 atom stereocenters. The Hall–Kier alpha value is -2.35. The van der Waals surface area contributed by atoms with Crippen LogP contribution in [0.15, 0.2) is 36.4 Å². The summed E-state index contributed by atoms with van der Waals surface area (Å²) in [5.41, 5.74) is 5.46. The number of likely N-dealkylation sites (N-methyl/N-ethyl adjacent to an activating group) is 1. The lowest BCUT2D eigenvalue weighted by atomic mass is 9.98. The Bertz CT molecular complexity index is 817. The molecular weight excluding hydrogens is 334 g/mol. The number of nitriles is 1. The van der Waals surface area contributed by atoms with Gasteiger partial charge in [-0.1, -0.05) is 29.8 Å². The summed E-state index contributed by atoms with van der Waals surface area (Å²) in [7, 11) is 2.18. The van der Waals surface area contributed by atoms with E-state index in [0.29, 0.717) is 12.2 Å². The van der Waals surface area contributed by atoms with E-state index in [2.05, 4.69) is 55.0 Å². The molecule has 1 heterocycles. The Labute approximate surface area is 163 Å². The first kappa shape index (κ1) is 19.4. The van der Waals surface area contributed by atoms with Crippen LogP contribution in [0.1, 0.15) is 27.8 Å². The van der Waals surface area contributed by atoms with E-state index >= 15 is 0 Å². The Morgan fingerprint density at radius 2 is 1.85 bits per heavy atom. The highest BCUT2D eigenvalue weighted by Crippen LogP contribution is 2.28. The number of hydrogen-bond acceptors (Lipinski definition) is 4. The molecule has 0 radical (unpaired) electrons. The van der Waals surface area contributed by atoms with Crippen molar-refractivity contribution in [1.29, 1.82) is 5.26 Å². The first-order valence-electron chi connectivity index (χ1n) is 9.68. The predicted molar refractivity (Wildman–Crippen MR) is 109 cm³/mol. The van der Waals surface area contributed by atoms with Crippen LogP contribution in [0.2, 0.25) is 0 Å². The lowest BCUT2D eigenvalue weighted by Gasteiger charge is -2.32. The predicted octanol–water partition coefficient (Wildman–Crippen LogP) is 3.39. The monoisotopic (exact) mass is 363 g/mol. The maximum absolute atomic E-state index is 9.14. The van der Waals surface area contributed by atoms with E-state index in [0.717, 1.165) is 50.5 Å². The molecule has 4 nitrogen and oxygen atoms in total. The van der Waals surface area contributed by atoms with Crippen molar-refractivity contribution < 1.29 is 4.74 Å². The van der Waals surface area contributed by atoms with E-state index in [-0.39, 0.29) is 0 Å². The maximum atomic E-state index is 9.14. The van der Waals surface area contributed by atoms with Gasteiger partial charge < -0.3 is 9.64 Å². The van der Waals surface area contributed by atoms with Crippen molar-refractivity contribution >= 4 is 0 Å². The van der Waals surface area contributed by atoms with Crippen LogP contribution < -0.4 is 4.74 Å². The van der Waals surface area contributed by atoms with Crippen LogP contribution >= 0.6 is 0 Å². The quantitative estimate of drug-likeness (QED) is 0.789. The molecule has 0 unspecified atom stereocenters. The Balaban J connectivity index is 1.69. The Morgan fingerprint density at radius 1 is 1.07 bits per heavy atom. The van der Waals surface area contributed by atoms with Gasteiger partial charge in [-0.2, -0.15) is 5.26 Å². The fourth-order valence-electron chi connectivity index (χ4n) is 3.70. The highest BCUT2D eigenvalue weighted by molar-refractivity contribution is 5.47. The Kier molecular flexibility index (Phi) is 6.49. The second-order valence-corrected chi connectivity index (χ2v) is 7.55. The van der Waals surface area contributed by atoms with Crippen molar-refractivity contribution in [3.8, 4) is 11.8 Å². The summed E-state index contributed by atoms with van der Waals surface area (Å²) in [4.78, 5) is 4.84. The van der Waals surface area contributed by atoms with Crippen LogP contribution in [0.5, 0.6) is 5.75 Å². The molecule has 3 rings (SSSR count). The number of benzene rings is 2. The lowest BCUT2D eigenvalue weighted by Crippen LogP contribution is -2.45. The van der Waals surface area contributed by atoms with Gasteiger partial charge in [0.1, 0.15) is 12.4 Å². The summed E-state index contributed by atoms with van der Waals surface area (Å²) < 4.78 is 6.26. The van der Waals surface area contributed by atoms with Gasteiger partial charge in [-0.15, -0.1) is 0 Å². The third kappa shape index (κ3) is 5.32. The summed E-state index contributed by atoms with van der Waals surface area (Å²) in [6.07, 6.45) is 0.780. The fraction of sp³-hybridized carbons (Fsp3) is 0.435. The lowest BCUT2D eigenvalue weighted by molar-refractivity contribution is 0.133. The average Bonchev–Trinajstić information content (AvgIpc) is 2.65. The van der Waals surface area contributed by atoms with Crippen LogP contribution in [0.4, 0.5) is 0 Å². The Morgan fingerprint density at radius 3 is 2.59 bits per heavy atom. The summed E-state index contributed by atoms with van der Waals surface area (Å²) in [5, 5.41) is 9.14. The van der Waals surface area contributed by atoms with E-state index in [1.807, 2.05) is 18.2 Å². The molecule has 142 valence electrons. The van der Waals surface area contributed by atoms with Crippen molar-refractivity contribution in [2.24, 2.45) is 0 Å². The number of rotatable bonds is 6. The van der Waals surface area contributed by atoms with Gasteiger partial charge in [-0.05, 0) is 49.7 Å². The minimum Gasteiger partial charge on any atom is -0.492 e. The van der Waals surface area contributed by atoms with E-state index in [4.69, 9.17) is 10.00 Å². The van der Waals surface area contributed by atoms with E-state index < -0.39 is 0 Å². The molecule has 0 amide bonds. The molecule has 4 heteroatoms. The van der Waals surface area contributed by atoms with E-state index in [9.17, 15) is 0 Å². The van der Waals surface area contributed by atoms with Crippen molar-refractivity contribution in [1.82, 2.24) is 9.80 Å². The first-order valence-corrected chi connectivity index (χ1v) is 9.68. The SMILES string of the molecule is Cc1cc(C)c(OCCN2CCN(C)CC2)c(Cc2cccc(C#N)c2)c1. The molecule has 1 fully saturated rings. The molecule has 0 bridgehead atoms. The molecule has 1 saturated heterocycles. The molecule has 27 heavy (non-hydrogen) atoms. The molecule has 1 aliphatic heterocycles. The van der Waals surface area contributed by atoms with Crippen molar-refractivity contribution in [2.75, 3.05) is 46.4 Å². The zero-order chi connectivity index (χ0) is 19.2. The minimum atomic E-state index is 0.703. The maximum Gasteiger partial charge on any atom is 0.125 e. The fourth-order valence-corrected chi connectivity index (χ4v) is 3.70. The smallest absolute Gasteiger partial charge is 0.125 e. The second kappa shape index (κ2) is 9.03. The zero-order valence-electron chi connectivity index (χ0n) is 16.7. The van der Waals surface area contributed by atoms with Gasteiger partial charge in [0.25, 0.3) is 0 Å². The molecule has 0 spiro atoms. The summed E-state index contributed by atoms with van der Waals surface area (Å²) in [6, 6.07) is 14.4. The van der Waals surface area contributed by atoms with Gasteiger partial charge in [0, 0.05) is 39.1 Å². The topological polar surface area (TPSA) is 39.5 Å². The van der Waals surface area contributed by atoms with Crippen LogP contribution in [0.3, 0.4) is 0 Å². The third-order valence-corrected chi connectivity index (χ3v) is 5.20. The van der Waals surface area contributed by atoms with Crippen molar-refractivity contribution in [2.45, 2.75) is 20.3 Å². The van der Waals surface area contributed by atoms with E-state index in [1.165, 1.54) is 16.7 Å². The summed E-state index contributed by atoms with van der Waals surface area (Å²) in [6.45, 7) is 10.4. The van der Waals surface area contributed by atoms with Crippen LogP contribution in [0, 0.1) is 25.2 Å². The minimum absolute atomic E-state index is 0.703. The number of ether oxygens (including phenoxy) is 1. The molecule has 0 saturated carbocycles. The standard InChI is InChI=1S/C23H29N3O/c1-18-13-19(2)23(27-12-11-26-9-7-25(3)8-10-26)22(14-18)16-20-5-4-6-21(15-20)17-24/h4-6,13-15H,7-12,16H2,1-3H3. The van der Waals surface area contributed by atoms with Gasteiger partial charge in [0.05, 0.1) is 11.6 Å². The van der Waals surface area contributed by atoms with Gasteiger partial charge in [0.2, 0.25) is 0 Å². The summed E-state index contributed by atoms with van der Waals surface area (Å²) in [5.74, 6) is 0.997. The number of hydrogen-bond donors (Lipinski definition) is 0. The highest BCUT2D eigenvalue weighted by Gasteiger charge is 2.15. The van der Waals surface area contributed by atoms with Crippen molar-refractivity contribution in [3.63, 3.8) is 0 Å². The normalized spacial score (nSPS) is 15.5. The van der Waals surface area contributed by atoms with Gasteiger partial charge >= 0.3 is 0 Å². The van der Waals surface area contributed by atoms with Crippen molar-refractivity contribution in [3.05, 3.63) is 64.2 Å². The third-order valence-electron chi connectivity index (χ3n) is 5.20. The van der Waals surface area contributed by atoms with Gasteiger partial charge in [-0.25, -0.2) is 0 Å². The summed E-state index contributed by atoms with van der Waals surface area (Å²) >= 11 is 0. The largest absolute Gasteiger partial charge is 0.492 e. The molecule has 0 N–H and O–H groups in total. The molecule has 1 aliphatic rings. The number of nitrogens with zero attached hydrogens (tertiary/aromatic N) is 3. The molecule has 2 aromatic carbocycles. The number of aryl methyl sites for hydroxylation is 2.